The molecule has 0 saturated carbocycles. The molecule has 0 atom stereocenters. The topological polar surface area (TPSA) is 87.3 Å². The molecule has 3 amide bonds. The number of aryl methyl sites for hydroxylation is 1. The molecule has 2 aromatic carbocycles. The quantitative estimate of drug-likeness (QED) is 0.633. The van der Waals surface area contributed by atoms with Crippen molar-refractivity contribution in [1.82, 2.24) is 16.0 Å². The van der Waals surface area contributed by atoms with E-state index in [4.69, 9.17) is 0 Å². The fourth-order valence-corrected chi connectivity index (χ4v) is 2.50. The number of benzene rings is 2. The minimum Gasteiger partial charge on any atom is -0.356 e. The molecule has 0 aliphatic heterocycles. The van der Waals surface area contributed by atoms with Gasteiger partial charge in [-0.05, 0) is 24.1 Å². The zero-order valence-electron chi connectivity index (χ0n) is 15.5. The van der Waals surface area contributed by atoms with Gasteiger partial charge in [-0.2, -0.15) is 0 Å². The second-order valence-corrected chi connectivity index (χ2v) is 6.18. The lowest BCUT2D eigenvalue weighted by atomic mass is 10.1. The standard InChI is InChI=1S/C21H25N3O3/c1-16-7-5-6-10-18(16)21(27)23-14-12-19(25)22-13-11-20(26)24-15-17-8-3-2-4-9-17/h2-10H,11-15H2,1H3,(H,22,25)(H,23,27)(H,24,26). The molecule has 2 rings (SSSR count). The van der Waals surface area contributed by atoms with E-state index < -0.39 is 0 Å². The van der Waals surface area contributed by atoms with Gasteiger partial charge in [-0.1, -0.05) is 48.5 Å². The van der Waals surface area contributed by atoms with E-state index >= 15 is 0 Å². The minimum absolute atomic E-state index is 0.119. The van der Waals surface area contributed by atoms with Crippen LogP contribution in [0.25, 0.3) is 0 Å². The third kappa shape index (κ3) is 7.32. The fraction of sp³-hybridized carbons (Fsp3) is 0.286. The predicted molar refractivity (Wildman–Crippen MR) is 104 cm³/mol. The Morgan fingerprint density at radius 1 is 0.741 bits per heavy atom. The van der Waals surface area contributed by atoms with Gasteiger partial charge >= 0.3 is 0 Å². The molecule has 0 bridgehead atoms. The maximum absolute atomic E-state index is 12.0. The molecular weight excluding hydrogens is 342 g/mol. The highest BCUT2D eigenvalue weighted by Gasteiger charge is 2.09. The average molecular weight is 367 g/mol. The molecule has 0 heterocycles. The molecule has 0 aliphatic carbocycles. The van der Waals surface area contributed by atoms with Crippen LogP contribution >= 0.6 is 0 Å². The Hall–Kier alpha value is -3.15. The lowest BCUT2D eigenvalue weighted by molar-refractivity contribution is -0.122. The van der Waals surface area contributed by atoms with E-state index in [-0.39, 0.29) is 43.7 Å². The molecule has 0 saturated heterocycles. The fourth-order valence-electron chi connectivity index (χ4n) is 2.50. The van der Waals surface area contributed by atoms with Crippen LogP contribution in [-0.4, -0.2) is 30.8 Å². The van der Waals surface area contributed by atoms with Crippen molar-refractivity contribution >= 4 is 17.7 Å². The molecule has 0 aliphatic rings. The number of nitrogens with one attached hydrogen (secondary N) is 3. The first-order chi connectivity index (χ1) is 13.1. The second-order valence-electron chi connectivity index (χ2n) is 6.18. The molecule has 0 fully saturated rings. The Morgan fingerprint density at radius 2 is 1.33 bits per heavy atom. The Kier molecular flexibility index (Phi) is 8.03. The molecule has 0 radical (unpaired) electrons. The third-order valence-electron chi connectivity index (χ3n) is 4.03. The molecular formula is C21H25N3O3. The molecule has 3 N–H and O–H groups in total. The van der Waals surface area contributed by atoms with Crippen molar-refractivity contribution in [2.45, 2.75) is 26.3 Å². The van der Waals surface area contributed by atoms with Crippen molar-refractivity contribution in [2.24, 2.45) is 0 Å². The number of rotatable bonds is 9. The number of hydrogen-bond donors (Lipinski definition) is 3. The van der Waals surface area contributed by atoms with E-state index in [9.17, 15) is 14.4 Å². The van der Waals surface area contributed by atoms with Gasteiger partial charge in [0.1, 0.15) is 0 Å². The molecule has 6 nitrogen and oxygen atoms in total. The number of hydrogen-bond acceptors (Lipinski definition) is 3. The molecule has 6 heteroatoms. The van der Waals surface area contributed by atoms with E-state index in [2.05, 4.69) is 16.0 Å². The summed E-state index contributed by atoms with van der Waals surface area (Å²) in [6, 6.07) is 16.9. The van der Waals surface area contributed by atoms with Crippen molar-refractivity contribution in [1.29, 1.82) is 0 Å². The first-order valence-electron chi connectivity index (χ1n) is 8.97. The highest BCUT2D eigenvalue weighted by Crippen LogP contribution is 2.06. The molecule has 27 heavy (non-hydrogen) atoms. The lowest BCUT2D eigenvalue weighted by Crippen LogP contribution is -2.33. The molecule has 0 aromatic heterocycles. The second kappa shape index (κ2) is 10.8. The van der Waals surface area contributed by atoms with E-state index in [0.29, 0.717) is 12.1 Å². The van der Waals surface area contributed by atoms with Crippen molar-refractivity contribution in [2.75, 3.05) is 13.1 Å². The zero-order chi connectivity index (χ0) is 19.5. The van der Waals surface area contributed by atoms with Crippen molar-refractivity contribution in [3.63, 3.8) is 0 Å². The number of amides is 3. The van der Waals surface area contributed by atoms with E-state index in [1.165, 1.54) is 0 Å². The summed E-state index contributed by atoms with van der Waals surface area (Å²) in [5, 5.41) is 8.22. The van der Waals surface area contributed by atoms with Crippen LogP contribution in [0.15, 0.2) is 54.6 Å². The monoisotopic (exact) mass is 367 g/mol. The lowest BCUT2D eigenvalue weighted by Gasteiger charge is -2.09. The van der Waals surface area contributed by atoms with Gasteiger partial charge < -0.3 is 16.0 Å². The van der Waals surface area contributed by atoms with Crippen molar-refractivity contribution in [3.8, 4) is 0 Å². The van der Waals surface area contributed by atoms with Crippen LogP contribution in [0, 0.1) is 6.92 Å². The summed E-state index contributed by atoms with van der Waals surface area (Å²) >= 11 is 0. The Labute approximate surface area is 159 Å². The van der Waals surface area contributed by atoms with Crippen molar-refractivity contribution in [3.05, 3.63) is 71.3 Å². The minimum atomic E-state index is -0.198. The summed E-state index contributed by atoms with van der Waals surface area (Å²) < 4.78 is 0. The number of carbonyl (C=O) groups is 3. The molecule has 0 unspecified atom stereocenters. The molecule has 142 valence electrons. The van der Waals surface area contributed by atoms with Gasteiger partial charge in [0.05, 0.1) is 0 Å². The Bertz CT molecular complexity index is 775. The van der Waals surface area contributed by atoms with Gasteiger partial charge in [0.25, 0.3) is 5.91 Å². The smallest absolute Gasteiger partial charge is 0.251 e. The first kappa shape index (κ1) is 20.2. The molecule has 2 aromatic rings. The SMILES string of the molecule is Cc1ccccc1C(=O)NCCC(=O)NCCC(=O)NCc1ccccc1. The van der Waals surface area contributed by atoms with Crippen LogP contribution < -0.4 is 16.0 Å². The summed E-state index contributed by atoms with van der Waals surface area (Å²) in [5.41, 5.74) is 2.52. The highest BCUT2D eigenvalue weighted by molar-refractivity contribution is 5.95. The van der Waals surface area contributed by atoms with Gasteiger partial charge in [0.2, 0.25) is 11.8 Å². The maximum Gasteiger partial charge on any atom is 0.251 e. The highest BCUT2D eigenvalue weighted by atomic mass is 16.2. The van der Waals surface area contributed by atoms with Gasteiger partial charge in [-0.15, -0.1) is 0 Å². The van der Waals surface area contributed by atoms with E-state index in [1.807, 2.05) is 49.4 Å². The van der Waals surface area contributed by atoms with Crippen LogP contribution in [0.2, 0.25) is 0 Å². The largest absolute Gasteiger partial charge is 0.356 e. The first-order valence-corrected chi connectivity index (χ1v) is 8.97. The molecule has 0 spiro atoms. The number of carbonyl (C=O) groups excluding carboxylic acids is 3. The van der Waals surface area contributed by atoms with Gasteiger partial charge in [0.15, 0.2) is 0 Å². The average Bonchev–Trinajstić information content (AvgIpc) is 2.67. The summed E-state index contributed by atoms with van der Waals surface area (Å²) in [6.07, 6.45) is 0.386. The van der Waals surface area contributed by atoms with Crippen molar-refractivity contribution < 1.29 is 14.4 Å². The summed E-state index contributed by atoms with van der Waals surface area (Å²) in [4.78, 5) is 35.6. The van der Waals surface area contributed by atoms with Gasteiger partial charge in [0, 0.05) is 38.0 Å². The summed E-state index contributed by atoms with van der Waals surface area (Å²) in [5.74, 6) is -0.510. The van der Waals surface area contributed by atoms with Gasteiger partial charge in [-0.3, -0.25) is 14.4 Å². The summed E-state index contributed by atoms with van der Waals surface area (Å²) in [6.45, 7) is 2.85. The van der Waals surface area contributed by atoms with Crippen LogP contribution in [0.5, 0.6) is 0 Å². The van der Waals surface area contributed by atoms with Crippen LogP contribution in [0.1, 0.15) is 34.3 Å². The normalized spacial score (nSPS) is 10.1. The van der Waals surface area contributed by atoms with Crippen LogP contribution in [0.4, 0.5) is 0 Å². The van der Waals surface area contributed by atoms with Gasteiger partial charge in [-0.25, -0.2) is 0 Å². The maximum atomic E-state index is 12.0. The summed E-state index contributed by atoms with van der Waals surface area (Å²) in [7, 11) is 0. The van der Waals surface area contributed by atoms with Crippen LogP contribution in [0.3, 0.4) is 0 Å². The zero-order valence-corrected chi connectivity index (χ0v) is 15.5. The third-order valence-corrected chi connectivity index (χ3v) is 4.03. The van der Waals surface area contributed by atoms with Crippen LogP contribution in [-0.2, 0) is 16.1 Å². The van der Waals surface area contributed by atoms with E-state index in [1.54, 1.807) is 12.1 Å². The van der Waals surface area contributed by atoms with E-state index in [0.717, 1.165) is 11.1 Å². The Balaban J connectivity index is 1.57. The predicted octanol–water partition coefficient (Wildman–Crippen LogP) is 1.94. The Morgan fingerprint density at radius 3 is 2.04 bits per heavy atom.